The van der Waals surface area contributed by atoms with Crippen LogP contribution < -0.4 is 11.1 Å². The maximum absolute atomic E-state index is 12.8. The largest absolute Gasteiger partial charge is 0.481 e. The van der Waals surface area contributed by atoms with Gasteiger partial charge >= 0.3 is 12.0 Å². The number of urea groups is 1. The first-order chi connectivity index (χ1) is 13.9. The van der Waals surface area contributed by atoms with Crippen LogP contribution in [0.15, 0.2) is 0 Å². The summed E-state index contributed by atoms with van der Waals surface area (Å²) in [6.45, 7) is 2.79. The number of carboxylic acid groups (broad SMARTS) is 1. The minimum atomic E-state index is -0.781. The lowest BCUT2D eigenvalue weighted by Gasteiger charge is -2.39. The second-order valence-corrected chi connectivity index (χ2v) is 9.02. The van der Waals surface area contributed by atoms with Crippen molar-refractivity contribution in [3.8, 4) is 0 Å². The Hall–Kier alpha value is -1.83. The van der Waals surface area contributed by atoms with Crippen molar-refractivity contribution in [1.29, 1.82) is 0 Å². The number of carboxylic acids is 1. The molecule has 3 rings (SSSR count). The van der Waals surface area contributed by atoms with Gasteiger partial charge in [-0.3, -0.25) is 14.5 Å². The van der Waals surface area contributed by atoms with Crippen LogP contribution in [0.5, 0.6) is 0 Å². The van der Waals surface area contributed by atoms with Crippen LogP contribution in [0.4, 0.5) is 4.79 Å². The third-order valence-electron chi connectivity index (χ3n) is 7.03. The van der Waals surface area contributed by atoms with Crippen molar-refractivity contribution in [2.75, 3.05) is 26.2 Å². The summed E-state index contributed by atoms with van der Waals surface area (Å²) < 4.78 is 0. The fraction of sp³-hybridized carbons (Fsp3) is 0.857. The van der Waals surface area contributed by atoms with Gasteiger partial charge in [0.25, 0.3) is 0 Å². The predicted molar refractivity (Wildman–Crippen MR) is 109 cm³/mol. The van der Waals surface area contributed by atoms with Crippen LogP contribution in [0, 0.1) is 11.8 Å². The van der Waals surface area contributed by atoms with Gasteiger partial charge in [0.05, 0.1) is 6.04 Å². The molecule has 164 valence electrons. The number of aliphatic carboxylic acids is 1. The van der Waals surface area contributed by atoms with Crippen LogP contribution in [0.3, 0.4) is 0 Å². The van der Waals surface area contributed by atoms with Gasteiger partial charge in [-0.1, -0.05) is 19.3 Å². The highest BCUT2D eigenvalue weighted by Crippen LogP contribution is 2.31. The lowest BCUT2D eigenvalue weighted by atomic mass is 9.81. The summed E-state index contributed by atoms with van der Waals surface area (Å²) in [5, 5.41) is 12.5. The number of nitrogens with zero attached hydrogens (tertiary/aromatic N) is 2. The van der Waals surface area contributed by atoms with E-state index in [1.807, 2.05) is 4.90 Å². The van der Waals surface area contributed by atoms with Gasteiger partial charge in [-0.05, 0) is 63.5 Å². The number of carbonyl (C=O) groups is 3. The molecule has 8 nitrogen and oxygen atoms in total. The van der Waals surface area contributed by atoms with E-state index in [2.05, 4.69) is 10.2 Å². The maximum atomic E-state index is 12.8. The van der Waals surface area contributed by atoms with Gasteiger partial charge in [0.2, 0.25) is 5.91 Å². The predicted octanol–water partition coefficient (Wildman–Crippen LogP) is 1.78. The lowest BCUT2D eigenvalue weighted by molar-refractivity contribution is -0.139. The molecule has 3 amide bonds. The number of likely N-dealkylation sites (tertiary alicyclic amines) is 2. The Bertz CT molecular complexity index is 593. The number of nitrogens with one attached hydrogen (secondary N) is 1. The molecule has 0 radical (unpaired) electrons. The summed E-state index contributed by atoms with van der Waals surface area (Å²) in [5.41, 5.74) is 5.52. The molecule has 1 saturated carbocycles. The van der Waals surface area contributed by atoms with Crippen molar-refractivity contribution >= 4 is 17.9 Å². The molecule has 0 aromatic carbocycles. The monoisotopic (exact) mass is 408 g/mol. The zero-order chi connectivity index (χ0) is 20.8. The highest BCUT2D eigenvalue weighted by molar-refractivity contribution is 5.80. The van der Waals surface area contributed by atoms with Crippen molar-refractivity contribution < 1.29 is 19.5 Å². The van der Waals surface area contributed by atoms with E-state index < -0.39 is 5.97 Å². The zero-order valence-electron chi connectivity index (χ0n) is 17.4. The van der Waals surface area contributed by atoms with Crippen LogP contribution in [0.1, 0.15) is 64.2 Å². The van der Waals surface area contributed by atoms with E-state index in [9.17, 15) is 19.5 Å². The van der Waals surface area contributed by atoms with Gasteiger partial charge in [0, 0.05) is 25.6 Å². The molecule has 3 aliphatic rings. The molecule has 0 aromatic heterocycles. The van der Waals surface area contributed by atoms with E-state index >= 15 is 0 Å². The Kier molecular flexibility index (Phi) is 7.75. The number of nitrogens with two attached hydrogens (primary N) is 1. The Balaban J connectivity index is 1.56. The smallest absolute Gasteiger partial charge is 0.317 e. The van der Waals surface area contributed by atoms with E-state index in [0.717, 1.165) is 45.2 Å². The molecule has 0 spiro atoms. The Morgan fingerprint density at radius 3 is 2.41 bits per heavy atom. The molecule has 2 saturated heterocycles. The van der Waals surface area contributed by atoms with Crippen LogP contribution in [0.2, 0.25) is 0 Å². The molecular weight excluding hydrogens is 372 g/mol. The van der Waals surface area contributed by atoms with Gasteiger partial charge < -0.3 is 21.1 Å². The summed E-state index contributed by atoms with van der Waals surface area (Å²) in [5.74, 6) is -0.857. The molecule has 4 N–H and O–H groups in total. The van der Waals surface area contributed by atoms with E-state index in [-0.39, 0.29) is 42.3 Å². The molecule has 2 heterocycles. The Morgan fingerprint density at radius 1 is 0.966 bits per heavy atom. The first-order valence-corrected chi connectivity index (χ1v) is 11.2. The first-order valence-electron chi connectivity index (χ1n) is 11.2. The minimum Gasteiger partial charge on any atom is -0.481 e. The van der Waals surface area contributed by atoms with E-state index in [4.69, 9.17) is 5.73 Å². The second-order valence-electron chi connectivity index (χ2n) is 9.02. The van der Waals surface area contributed by atoms with Crippen LogP contribution >= 0.6 is 0 Å². The Labute approximate surface area is 173 Å². The molecule has 0 bridgehead atoms. The average molecular weight is 409 g/mol. The summed E-state index contributed by atoms with van der Waals surface area (Å²) in [7, 11) is 0. The molecule has 3 atom stereocenters. The number of hydrogen-bond acceptors (Lipinski definition) is 4. The summed E-state index contributed by atoms with van der Waals surface area (Å²) in [4.78, 5) is 39.7. The molecular formula is C21H36N4O4. The summed E-state index contributed by atoms with van der Waals surface area (Å²) >= 11 is 0. The van der Waals surface area contributed by atoms with Gasteiger partial charge in [0.1, 0.15) is 0 Å². The molecule has 0 aromatic rings. The molecule has 3 unspecified atom stereocenters. The average Bonchev–Trinajstić information content (AvgIpc) is 3.16. The fourth-order valence-electron chi connectivity index (χ4n) is 5.35. The number of hydrogen-bond donors (Lipinski definition) is 3. The first kappa shape index (κ1) is 21.9. The normalized spacial score (nSPS) is 29.0. The van der Waals surface area contributed by atoms with Crippen LogP contribution in [0.25, 0.3) is 0 Å². The standard InChI is InChI=1S/C21H36N4O4/c22-20(28)18-7-4-10-24(18)11-9-16-14-25(12-8-15(16)13-19(26)27)21(29)23-17-5-2-1-3-6-17/h15-18H,1-14H2,(H2,22,28)(H,23,29)(H,26,27). The minimum absolute atomic E-state index is 0.00754. The second kappa shape index (κ2) is 10.3. The van der Waals surface area contributed by atoms with Crippen LogP contribution in [-0.4, -0.2) is 71.1 Å². The van der Waals surface area contributed by atoms with Crippen molar-refractivity contribution in [1.82, 2.24) is 15.1 Å². The van der Waals surface area contributed by atoms with Crippen molar-refractivity contribution in [3.05, 3.63) is 0 Å². The molecule has 3 fully saturated rings. The number of primary amides is 1. The highest BCUT2D eigenvalue weighted by atomic mass is 16.4. The molecule has 8 heteroatoms. The van der Waals surface area contributed by atoms with Gasteiger partial charge in [-0.15, -0.1) is 0 Å². The van der Waals surface area contributed by atoms with Crippen molar-refractivity contribution in [2.24, 2.45) is 17.6 Å². The SMILES string of the molecule is NC(=O)C1CCCN1CCC1CN(C(=O)NC2CCCCC2)CCC1CC(=O)O. The van der Waals surface area contributed by atoms with Gasteiger partial charge in [-0.2, -0.15) is 0 Å². The topological polar surface area (TPSA) is 116 Å². The quantitative estimate of drug-likeness (QED) is 0.594. The fourth-order valence-corrected chi connectivity index (χ4v) is 5.35. The number of carbonyl (C=O) groups excluding carboxylic acids is 2. The zero-order valence-corrected chi connectivity index (χ0v) is 17.4. The lowest BCUT2D eigenvalue weighted by Crippen LogP contribution is -2.51. The van der Waals surface area contributed by atoms with Gasteiger partial charge in [-0.25, -0.2) is 4.79 Å². The van der Waals surface area contributed by atoms with E-state index in [0.29, 0.717) is 19.5 Å². The molecule has 2 aliphatic heterocycles. The highest BCUT2D eigenvalue weighted by Gasteiger charge is 2.35. The van der Waals surface area contributed by atoms with E-state index in [1.165, 1.54) is 19.3 Å². The van der Waals surface area contributed by atoms with E-state index in [1.54, 1.807) is 0 Å². The summed E-state index contributed by atoms with van der Waals surface area (Å²) in [6.07, 6.45) is 9.10. The van der Waals surface area contributed by atoms with Crippen molar-refractivity contribution in [2.45, 2.75) is 76.3 Å². The third kappa shape index (κ3) is 6.07. The molecule has 1 aliphatic carbocycles. The number of piperidine rings is 1. The number of amides is 3. The maximum Gasteiger partial charge on any atom is 0.317 e. The Morgan fingerprint density at radius 2 is 1.72 bits per heavy atom. The third-order valence-corrected chi connectivity index (χ3v) is 7.03. The van der Waals surface area contributed by atoms with Gasteiger partial charge in [0.15, 0.2) is 0 Å². The van der Waals surface area contributed by atoms with Crippen LogP contribution in [-0.2, 0) is 9.59 Å². The number of rotatable bonds is 7. The summed E-state index contributed by atoms with van der Waals surface area (Å²) in [6, 6.07) is 0.0569. The van der Waals surface area contributed by atoms with Crippen molar-refractivity contribution in [3.63, 3.8) is 0 Å². The molecule has 29 heavy (non-hydrogen) atoms.